The Morgan fingerprint density at radius 2 is 2.09 bits per heavy atom. The number of amides is 1. The molecule has 2 aliphatic rings. The molecule has 3 rings (SSSR count). The molecule has 0 bridgehead atoms. The number of nitrogens with one attached hydrogen (secondary N) is 1. The number of carbonyl (C=O) groups is 1. The summed E-state index contributed by atoms with van der Waals surface area (Å²) in [6, 6.07) is 7.37. The molecule has 23 heavy (non-hydrogen) atoms. The maximum absolute atomic E-state index is 11.1. The summed E-state index contributed by atoms with van der Waals surface area (Å²) in [5, 5.41) is 8.54. The molecule has 1 aromatic carbocycles. The standard InChI is InChI=1S/C15H21N3O4S/c16-12-7-15(23(21,22)8-12)9-18(10-15)13-4-2-1-3-11(13)5-6-14(19)17-20/h1-6,12,20-22H,7-10,16H2,(H,17,19). The minimum Gasteiger partial charge on any atom is -0.367 e. The van der Waals surface area contributed by atoms with Gasteiger partial charge in [0.2, 0.25) is 0 Å². The molecule has 7 nitrogen and oxygen atoms in total. The predicted molar refractivity (Wildman–Crippen MR) is 90.7 cm³/mol. The Balaban J connectivity index is 1.78. The number of anilines is 1. The monoisotopic (exact) mass is 339 g/mol. The second-order valence-corrected chi connectivity index (χ2v) is 8.74. The first kappa shape index (κ1) is 16.3. The number of hydrogen-bond acceptors (Lipinski definition) is 6. The molecule has 2 aliphatic heterocycles. The second-order valence-electron chi connectivity index (χ2n) is 6.20. The normalized spacial score (nSPS) is 26.3. The van der Waals surface area contributed by atoms with Crippen LogP contribution in [0.2, 0.25) is 0 Å². The van der Waals surface area contributed by atoms with Crippen molar-refractivity contribution in [3.05, 3.63) is 35.9 Å². The van der Waals surface area contributed by atoms with E-state index in [0.717, 1.165) is 11.3 Å². The number of rotatable bonds is 3. The highest BCUT2D eigenvalue weighted by Crippen LogP contribution is 2.63. The van der Waals surface area contributed by atoms with Gasteiger partial charge in [0.1, 0.15) is 0 Å². The van der Waals surface area contributed by atoms with Crippen LogP contribution in [0.1, 0.15) is 12.0 Å². The number of hydrogen-bond donors (Lipinski definition) is 5. The van der Waals surface area contributed by atoms with Gasteiger partial charge in [-0.3, -0.25) is 19.1 Å². The first-order valence-electron chi connectivity index (χ1n) is 7.34. The van der Waals surface area contributed by atoms with Crippen LogP contribution in [0.15, 0.2) is 30.3 Å². The molecule has 1 unspecified atom stereocenters. The van der Waals surface area contributed by atoms with E-state index in [1.165, 1.54) is 6.08 Å². The highest BCUT2D eigenvalue weighted by Gasteiger charge is 2.58. The number of hydroxylamine groups is 1. The van der Waals surface area contributed by atoms with Crippen molar-refractivity contribution in [3.8, 4) is 0 Å². The zero-order valence-electron chi connectivity index (χ0n) is 12.6. The van der Waals surface area contributed by atoms with E-state index in [0.29, 0.717) is 19.5 Å². The van der Waals surface area contributed by atoms with Crippen molar-refractivity contribution in [3.63, 3.8) is 0 Å². The Hall–Kier alpha value is -1.58. The van der Waals surface area contributed by atoms with Gasteiger partial charge in [-0.25, -0.2) is 5.48 Å². The molecule has 0 radical (unpaired) electrons. The fourth-order valence-electron chi connectivity index (χ4n) is 3.42. The van der Waals surface area contributed by atoms with Crippen LogP contribution >= 0.6 is 10.6 Å². The molecule has 0 aromatic heterocycles. The van der Waals surface area contributed by atoms with Gasteiger partial charge in [0.05, 0.1) is 10.5 Å². The van der Waals surface area contributed by atoms with Crippen LogP contribution in [0, 0.1) is 0 Å². The van der Waals surface area contributed by atoms with E-state index in [9.17, 15) is 13.9 Å². The summed E-state index contributed by atoms with van der Waals surface area (Å²) < 4.78 is 20.1. The Kier molecular flexibility index (Phi) is 4.11. The van der Waals surface area contributed by atoms with Gasteiger partial charge >= 0.3 is 0 Å². The van der Waals surface area contributed by atoms with E-state index in [2.05, 4.69) is 4.90 Å². The number of carbonyl (C=O) groups excluding carboxylic acids is 1. The van der Waals surface area contributed by atoms with Crippen molar-refractivity contribution in [2.24, 2.45) is 5.73 Å². The Morgan fingerprint density at radius 3 is 2.70 bits per heavy atom. The van der Waals surface area contributed by atoms with Gasteiger partial charge in [0, 0.05) is 30.9 Å². The van der Waals surface area contributed by atoms with Crippen LogP contribution in [0.4, 0.5) is 5.69 Å². The number of para-hydroxylation sites is 1. The molecule has 6 N–H and O–H groups in total. The second kappa shape index (κ2) is 5.81. The predicted octanol–water partition coefficient (Wildman–Crippen LogP) is 1.25. The summed E-state index contributed by atoms with van der Waals surface area (Å²) in [6.07, 6.45) is 3.48. The molecule has 1 spiro atoms. The van der Waals surface area contributed by atoms with E-state index in [1.807, 2.05) is 24.3 Å². The van der Waals surface area contributed by atoms with Crippen LogP contribution in [0.25, 0.3) is 6.08 Å². The van der Waals surface area contributed by atoms with Crippen LogP contribution in [-0.2, 0) is 4.79 Å². The highest BCUT2D eigenvalue weighted by atomic mass is 32.3. The molecule has 0 aliphatic carbocycles. The SMILES string of the molecule is NC1CC2(CN(c3ccccc3C=CC(=O)NO)C2)S(O)(O)C1. The molecule has 1 amide bonds. The Bertz CT molecular complexity index is 643. The molecule has 126 valence electrons. The molecule has 8 heteroatoms. The number of benzene rings is 1. The fraction of sp³-hybridized carbons (Fsp3) is 0.400. The zero-order chi connectivity index (χ0) is 16.7. The third-order valence-electron chi connectivity index (χ3n) is 4.53. The smallest absolute Gasteiger partial charge is 0.267 e. The quantitative estimate of drug-likeness (QED) is 0.321. The highest BCUT2D eigenvalue weighted by molar-refractivity contribution is 8.25. The molecule has 2 fully saturated rings. The molecule has 0 saturated carbocycles. The van der Waals surface area contributed by atoms with E-state index in [1.54, 1.807) is 11.6 Å². The van der Waals surface area contributed by atoms with Crippen LogP contribution in [0.3, 0.4) is 0 Å². The first-order chi connectivity index (χ1) is 10.9. The van der Waals surface area contributed by atoms with Crippen LogP contribution < -0.4 is 16.1 Å². The lowest BCUT2D eigenvalue weighted by Crippen LogP contribution is -2.63. The van der Waals surface area contributed by atoms with E-state index in [4.69, 9.17) is 10.9 Å². The van der Waals surface area contributed by atoms with Gasteiger partial charge in [0.25, 0.3) is 5.91 Å². The van der Waals surface area contributed by atoms with Crippen molar-refractivity contribution in [2.45, 2.75) is 17.2 Å². The first-order valence-corrected chi connectivity index (χ1v) is 9.06. The van der Waals surface area contributed by atoms with Gasteiger partial charge in [-0.15, -0.1) is 0 Å². The third-order valence-corrected chi connectivity index (χ3v) is 7.24. The summed E-state index contributed by atoms with van der Waals surface area (Å²) in [5.41, 5.74) is 9.20. The van der Waals surface area contributed by atoms with Crippen molar-refractivity contribution in [1.29, 1.82) is 0 Å². The van der Waals surface area contributed by atoms with Gasteiger partial charge < -0.3 is 10.6 Å². The molecule has 1 aromatic rings. The Labute approximate surface area is 136 Å². The average Bonchev–Trinajstić information content (AvgIpc) is 2.72. The van der Waals surface area contributed by atoms with E-state index >= 15 is 0 Å². The van der Waals surface area contributed by atoms with Gasteiger partial charge in [-0.2, -0.15) is 10.6 Å². The molecule has 2 heterocycles. The minimum absolute atomic E-state index is 0.162. The summed E-state index contributed by atoms with van der Waals surface area (Å²) >= 11 is 0. The number of nitrogens with two attached hydrogens (primary N) is 1. The Morgan fingerprint density at radius 1 is 1.39 bits per heavy atom. The summed E-state index contributed by atoms with van der Waals surface area (Å²) in [5.74, 6) is -0.324. The lowest BCUT2D eigenvalue weighted by atomic mass is 9.91. The maximum atomic E-state index is 11.1. The largest absolute Gasteiger partial charge is 0.367 e. The topological polar surface area (TPSA) is 119 Å². The zero-order valence-corrected chi connectivity index (χ0v) is 13.4. The van der Waals surface area contributed by atoms with E-state index < -0.39 is 21.2 Å². The minimum atomic E-state index is -2.66. The van der Waals surface area contributed by atoms with Gasteiger partial charge in [-0.05, 0) is 24.1 Å². The van der Waals surface area contributed by atoms with E-state index in [-0.39, 0.29) is 11.8 Å². The molecule has 2 saturated heterocycles. The summed E-state index contributed by atoms with van der Waals surface area (Å²) in [7, 11) is -2.66. The number of nitrogens with zero attached hydrogens (tertiary/aromatic N) is 1. The lowest BCUT2D eigenvalue weighted by molar-refractivity contribution is -0.124. The van der Waals surface area contributed by atoms with Gasteiger partial charge in [-0.1, -0.05) is 18.2 Å². The summed E-state index contributed by atoms with van der Waals surface area (Å²) in [6.45, 7) is 1.08. The summed E-state index contributed by atoms with van der Waals surface area (Å²) in [4.78, 5) is 13.2. The third kappa shape index (κ3) is 2.84. The lowest BCUT2D eigenvalue weighted by Gasteiger charge is -2.57. The maximum Gasteiger partial charge on any atom is 0.267 e. The molecular weight excluding hydrogens is 318 g/mol. The van der Waals surface area contributed by atoms with Crippen molar-refractivity contribution < 1.29 is 19.1 Å². The van der Waals surface area contributed by atoms with Gasteiger partial charge in [0.15, 0.2) is 0 Å². The van der Waals surface area contributed by atoms with Crippen molar-refractivity contribution in [1.82, 2.24) is 5.48 Å². The molecule has 1 atom stereocenters. The average molecular weight is 339 g/mol. The van der Waals surface area contributed by atoms with Crippen molar-refractivity contribution in [2.75, 3.05) is 23.7 Å². The molecular formula is C15H21N3O4S. The fourth-order valence-corrected chi connectivity index (χ4v) is 5.69. The van der Waals surface area contributed by atoms with Crippen molar-refractivity contribution >= 4 is 28.3 Å². The van der Waals surface area contributed by atoms with Crippen LogP contribution in [0.5, 0.6) is 0 Å². The van der Waals surface area contributed by atoms with Crippen LogP contribution in [-0.4, -0.2) is 49.9 Å².